The fourth-order valence-corrected chi connectivity index (χ4v) is 1.12. The molecular weight excluding hydrogens is 192 g/mol. The van der Waals surface area contributed by atoms with Crippen LogP contribution in [0.1, 0.15) is 27.7 Å². The van der Waals surface area contributed by atoms with E-state index in [9.17, 15) is 4.79 Å². The third kappa shape index (κ3) is 4.30. The summed E-state index contributed by atoms with van der Waals surface area (Å²) in [5, 5.41) is 20.5. The van der Waals surface area contributed by atoms with Crippen molar-refractivity contribution in [1.29, 1.82) is 5.26 Å². The molecule has 0 saturated heterocycles. The van der Waals surface area contributed by atoms with Crippen molar-refractivity contribution < 1.29 is 9.90 Å². The van der Waals surface area contributed by atoms with Crippen LogP contribution >= 0.6 is 0 Å². The molecule has 0 spiro atoms. The molecule has 2 N–H and O–H groups in total. The third-order valence-electron chi connectivity index (χ3n) is 2.60. The minimum absolute atomic E-state index is 0.000421. The Labute approximate surface area is 91.3 Å². The number of nitriles is 1. The lowest BCUT2D eigenvalue weighted by Crippen LogP contribution is -2.42. The number of amides is 1. The second-order valence-electron chi connectivity index (χ2n) is 4.31. The zero-order chi connectivity index (χ0) is 12.0. The van der Waals surface area contributed by atoms with Gasteiger partial charge in [-0.25, -0.2) is 0 Å². The summed E-state index contributed by atoms with van der Waals surface area (Å²) in [5.74, 6) is -0.856. The Morgan fingerprint density at radius 3 is 2.27 bits per heavy atom. The maximum atomic E-state index is 11.6. The van der Waals surface area contributed by atoms with Gasteiger partial charge in [-0.05, 0) is 18.8 Å². The highest BCUT2D eigenvalue weighted by atomic mass is 16.3. The number of aliphatic hydroxyl groups is 1. The van der Waals surface area contributed by atoms with Gasteiger partial charge in [-0.3, -0.25) is 4.79 Å². The number of aliphatic hydroxyl groups excluding tert-OH is 1. The number of hydrogen-bond acceptors (Lipinski definition) is 3. The molecule has 0 heterocycles. The topological polar surface area (TPSA) is 73.1 Å². The number of nitrogens with zero attached hydrogens (tertiary/aromatic N) is 1. The molecule has 0 aromatic rings. The van der Waals surface area contributed by atoms with E-state index in [0.29, 0.717) is 0 Å². The Hall–Kier alpha value is -1.08. The van der Waals surface area contributed by atoms with E-state index in [0.717, 1.165) is 0 Å². The van der Waals surface area contributed by atoms with Crippen LogP contribution in [0.4, 0.5) is 0 Å². The van der Waals surface area contributed by atoms with Gasteiger partial charge < -0.3 is 10.4 Å². The molecule has 0 bridgehead atoms. The van der Waals surface area contributed by atoms with Gasteiger partial charge in [0.2, 0.25) is 5.91 Å². The average Bonchev–Trinajstić information content (AvgIpc) is 2.16. The number of carbonyl (C=O) groups excluding carboxylic acids is 1. The summed E-state index contributed by atoms with van der Waals surface area (Å²) >= 11 is 0. The van der Waals surface area contributed by atoms with Crippen LogP contribution in [0.3, 0.4) is 0 Å². The normalized spacial score (nSPS) is 16.6. The average molecular weight is 212 g/mol. The van der Waals surface area contributed by atoms with Crippen LogP contribution in [0.5, 0.6) is 0 Å². The first-order valence-electron chi connectivity index (χ1n) is 5.24. The van der Waals surface area contributed by atoms with E-state index in [2.05, 4.69) is 5.32 Å². The lowest BCUT2D eigenvalue weighted by molar-refractivity contribution is -0.125. The molecule has 0 aromatic carbocycles. The predicted molar refractivity (Wildman–Crippen MR) is 57.8 cm³/mol. The first-order chi connectivity index (χ1) is 6.93. The summed E-state index contributed by atoms with van der Waals surface area (Å²) in [6, 6.07) is 1.88. The molecule has 0 aliphatic carbocycles. The summed E-state index contributed by atoms with van der Waals surface area (Å²) < 4.78 is 0. The van der Waals surface area contributed by atoms with Gasteiger partial charge in [0.25, 0.3) is 0 Å². The van der Waals surface area contributed by atoms with Crippen LogP contribution in [0.25, 0.3) is 0 Å². The van der Waals surface area contributed by atoms with Crippen LogP contribution in [-0.4, -0.2) is 23.7 Å². The molecule has 0 rings (SSSR count). The largest absolute Gasteiger partial charge is 0.396 e. The molecule has 0 aliphatic heterocycles. The van der Waals surface area contributed by atoms with E-state index >= 15 is 0 Å². The van der Waals surface area contributed by atoms with E-state index < -0.39 is 5.92 Å². The molecule has 4 heteroatoms. The van der Waals surface area contributed by atoms with E-state index in [-0.39, 0.29) is 30.4 Å². The molecule has 0 aromatic heterocycles. The van der Waals surface area contributed by atoms with E-state index in [1.165, 1.54) is 0 Å². The third-order valence-corrected chi connectivity index (χ3v) is 2.60. The van der Waals surface area contributed by atoms with Gasteiger partial charge >= 0.3 is 0 Å². The summed E-state index contributed by atoms with van der Waals surface area (Å²) in [6.45, 7) is 7.39. The van der Waals surface area contributed by atoms with Crippen LogP contribution in [-0.2, 0) is 4.79 Å². The van der Waals surface area contributed by atoms with Crippen molar-refractivity contribution >= 4 is 5.91 Å². The van der Waals surface area contributed by atoms with Crippen LogP contribution in [0.15, 0.2) is 0 Å². The van der Waals surface area contributed by atoms with Gasteiger partial charge in [0.15, 0.2) is 0 Å². The van der Waals surface area contributed by atoms with Crippen molar-refractivity contribution in [2.24, 2.45) is 17.8 Å². The van der Waals surface area contributed by atoms with Crippen molar-refractivity contribution in [3.63, 3.8) is 0 Å². The van der Waals surface area contributed by atoms with E-state index in [1.54, 1.807) is 0 Å². The van der Waals surface area contributed by atoms with Gasteiger partial charge in [-0.15, -0.1) is 0 Å². The Morgan fingerprint density at radius 1 is 1.40 bits per heavy atom. The lowest BCUT2D eigenvalue weighted by Gasteiger charge is -2.21. The van der Waals surface area contributed by atoms with Gasteiger partial charge in [-0.2, -0.15) is 5.26 Å². The van der Waals surface area contributed by atoms with Gasteiger partial charge in [0, 0.05) is 12.6 Å². The standard InChI is InChI=1S/C11H20N2O2/c1-7(2)10(5-12)11(15)13-9(4)8(3)6-14/h7-10,14H,6H2,1-4H3,(H,13,15). The summed E-state index contributed by atoms with van der Waals surface area (Å²) in [7, 11) is 0. The fraction of sp³-hybridized carbons (Fsp3) is 0.818. The second kappa shape index (κ2) is 6.41. The Balaban J connectivity index is 4.30. The number of nitrogens with one attached hydrogen (secondary N) is 1. The lowest BCUT2D eigenvalue weighted by atomic mass is 9.95. The van der Waals surface area contributed by atoms with Gasteiger partial charge in [0.05, 0.1) is 6.07 Å². The minimum Gasteiger partial charge on any atom is -0.396 e. The molecule has 0 saturated carbocycles. The smallest absolute Gasteiger partial charge is 0.237 e. The summed E-state index contributed by atoms with van der Waals surface area (Å²) in [5.41, 5.74) is 0. The van der Waals surface area contributed by atoms with E-state index in [1.807, 2.05) is 33.8 Å². The Bertz CT molecular complexity index is 245. The molecule has 3 atom stereocenters. The first kappa shape index (κ1) is 13.9. The molecule has 1 amide bonds. The summed E-state index contributed by atoms with van der Waals surface area (Å²) in [4.78, 5) is 11.6. The summed E-state index contributed by atoms with van der Waals surface area (Å²) in [6.07, 6.45) is 0. The van der Waals surface area contributed by atoms with Crippen LogP contribution in [0.2, 0.25) is 0 Å². The quantitative estimate of drug-likeness (QED) is 0.711. The van der Waals surface area contributed by atoms with Crippen molar-refractivity contribution in [2.75, 3.05) is 6.61 Å². The molecule has 0 radical (unpaired) electrons. The zero-order valence-electron chi connectivity index (χ0n) is 9.82. The number of hydrogen-bond donors (Lipinski definition) is 2. The Kier molecular flexibility index (Phi) is 5.95. The van der Waals surface area contributed by atoms with E-state index in [4.69, 9.17) is 10.4 Å². The van der Waals surface area contributed by atoms with Gasteiger partial charge in [0.1, 0.15) is 5.92 Å². The molecule has 15 heavy (non-hydrogen) atoms. The maximum absolute atomic E-state index is 11.6. The fourth-order valence-electron chi connectivity index (χ4n) is 1.12. The highest BCUT2D eigenvalue weighted by Gasteiger charge is 2.24. The minimum atomic E-state index is -0.613. The molecular formula is C11H20N2O2. The first-order valence-corrected chi connectivity index (χ1v) is 5.24. The molecule has 4 nitrogen and oxygen atoms in total. The molecule has 0 fully saturated rings. The zero-order valence-corrected chi connectivity index (χ0v) is 9.82. The predicted octanol–water partition coefficient (Wildman–Crippen LogP) is 0.915. The second-order valence-corrected chi connectivity index (χ2v) is 4.31. The monoisotopic (exact) mass is 212 g/mol. The van der Waals surface area contributed by atoms with Gasteiger partial charge in [-0.1, -0.05) is 20.8 Å². The number of carbonyl (C=O) groups is 1. The highest BCUT2D eigenvalue weighted by molar-refractivity contribution is 5.81. The van der Waals surface area contributed by atoms with Crippen molar-refractivity contribution in [2.45, 2.75) is 33.7 Å². The van der Waals surface area contributed by atoms with Crippen LogP contribution in [0, 0.1) is 29.1 Å². The van der Waals surface area contributed by atoms with Crippen molar-refractivity contribution in [3.05, 3.63) is 0 Å². The van der Waals surface area contributed by atoms with Crippen LogP contribution < -0.4 is 5.32 Å². The highest BCUT2D eigenvalue weighted by Crippen LogP contribution is 2.11. The molecule has 86 valence electrons. The SMILES string of the molecule is CC(C)C(C#N)C(=O)NC(C)C(C)CO. The van der Waals surface area contributed by atoms with Crippen molar-refractivity contribution in [1.82, 2.24) is 5.32 Å². The van der Waals surface area contributed by atoms with Crippen molar-refractivity contribution in [3.8, 4) is 6.07 Å². The Morgan fingerprint density at radius 2 is 1.93 bits per heavy atom. The maximum Gasteiger partial charge on any atom is 0.237 e. The molecule has 3 unspecified atom stereocenters. The number of rotatable bonds is 5. The molecule has 0 aliphatic rings.